The Kier molecular flexibility index (Phi) is 32.7. The molecule has 0 rings (SSSR count). The van der Waals surface area contributed by atoms with Gasteiger partial charge in [0.2, 0.25) is 0 Å². The summed E-state index contributed by atoms with van der Waals surface area (Å²) in [6, 6.07) is 0. The van der Waals surface area contributed by atoms with Gasteiger partial charge in [-0.3, -0.25) is 0 Å². The third kappa shape index (κ3) is 33.0. The van der Waals surface area contributed by atoms with Crippen molar-refractivity contribution in [1.82, 2.24) is 0 Å². The van der Waals surface area contributed by atoms with Crippen LogP contribution in [0.25, 0.3) is 0 Å². The lowest BCUT2D eigenvalue weighted by molar-refractivity contribution is -0.977. The predicted molar refractivity (Wildman–Crippen MR) is 220 cm³/mol. The van der Waals surface area contributed by atoms with Crippen LogP contribution in [0.15, 0.2) is 0 Å². The Morgan fingerprint density at radius 3 is 0.667 bits per heavy atom. The van der Waals surface area contributed by atoms with Crippen LogP contribution in [-0.2, 0) is 0 Å². The van der Waals surface area contributed by atoms with Crippen LogP contribution in [-0.4, -0.2) is 94.5 Å². The minimum Gasteiger partial charge on any atom is -0.324 e. The number of nitrogens with zero attached hydrogens (tertiary/aromatic N) is 3. The fourth-order valence-corrected chi connectivity index (χ4v) is 7.62. The minimum absolute atomic E-state index is 1.21. The second kappa shape index (κ2) is 32.8. The van der Waals surface area contributed by atoms with Gasteiger partial charge in [0.15, 0.2) is 0 Å². The summed E-state index contributed by atoms with van der Waals surface area (Å²) in [5.74, 6) is 0. The lowest BCUT2D eigenvalue weighted by atomic mass is 10.1. The zero-order chi connectivity index (χ0) is 35.7. The van der Waals surface area contributed by atoms with Gasteiger partial charge in [-0.05, 0) is 38.5 Å². The van der Waals surface area contributed by atoms with Crippen LogP contribution in [0.2, 0.25) is 0 Å². The Labute approximate surface area is 307 Å². The molecule has 0 aliphatic rings. The van der Waals surface area contributed by atoms with E-state index in [9.17, 15) is 0 Å². The molecular weight excluding hydrogens is 583 g/mol. The molecule has 0 unspecified atom stereocenters. The van der Waals surface area contributed by atoms with Crippen LogP contribution < -0.4 is 0 Å². The Balaban J connectivity index is 4.60. The van der Waals surface area contributed by atoms with Crippen molar-refractivity contribution in [1.29, 1.82) is 0 Å². The first-order valence-corrected chi connectivity index (χ1v) is 22.6. The summed E-state index contributed by atoms with van der Waals surface area (Å²) in [5.41, 5.74) is 0. The molecule has 0 amide bonds. The second-order valence-electron chi connectivity index (χ2n) is 18.1. The molecule has 0 heterocycles. The zero-order valence-corrected chi connectivity index (χ0v) is 35.5. The number of rotatable bonds is 39. The van der Waals surface area contributed by atoms with Crippen molar-refractivity contribution in [2.75, 3.05) is 81.1 Å². The molecule has 0 saturated carbocycles. The average molecular weight is 681 g/mol. The van der Waals surface area contributed by atoms with Gasteiger partial charge in [-0.25, -0.2) is 0 Å². The van der Waals surface area contributed by atoms with Crippen molar-refractivity contribution in [3.63, 3.8) is 0 Å². The molecule has 0 N–H and O–H groups in total. The molecule has 0 fully saturated rings. The molecule has 0 aliphatic heterocycles. The Morgan fingerprint density at radius 2 is 0.417 bits per heavy atom. The summed E-state index contributed by atoms with van der Waals surface area (Å²) in [4.78, 5) is 0. The van der Waals surface area contributed by atoms with Crippen LogP contribution in [0.4, 0.5) is 0 Å². The van der Waals surface area contributed by atoms with Crippen molar-refractivity contribution < 1.29 is 13.4 Å². The van der Waals surface area contributed by atoms with Crippen molar-refractivity contribution in [2.24, 2.45) is 0 Å². The van der Waals surface area contributed by atoms with Crippen LogP contribution in [0.3, 0.4) is 0 Å². The van der Waals surface area contributed by atoms with Gasteiger partial charge in [0.25, 0.3) is 0 Å². The lowest BCUT2D eigenvalue weighted by Crippen LogP contribution is -2.57. The molecule has 0 bridgehead atoms. The van der Waals surface area contributed by atoms with E-state index in [1.807, 2.05) is 0 Å². The van der Waals surface area contributed by atoms with Gasteiger partial charge in [-0.2, -0.15) is 0 Å². The molecule has 0 saturated heterocycles. The molecule has 0 aliphatic carbocycles. The fraction of sp³-hybridized carbons (Fsp3) is 1.00. The van der Waals surface area contributed by atoms with Crippen LogP contribution in [0.1, 0.15) is 213 Å². The van der Waals surface area contributed by atoms with E-state index < -0.39 is 0 Å². The van der Waals surface area contributed by atoms with Gasteiger partial charge in [0.05, 0.1) is 54.9 Å². The number of hydrogen-bond acceptors (Lipinski definition) is 0. The number of unbranched alkanes of at least 4 members (excludes halogenated alkanes) is 27. The molecule has 0 aromatic heterocycles. The molecule has 3 nitrogen and oxygen atoms in total. The molecule has 0 spiro atoms. The summed E-state index contributed by atoms with van der Waals surface area (Å²) in [5, 5.41) is 0. The number of likely N-dealkylation sites (N-methyl/N-ethyl adjacent to an activating group) is 3. The normalized spacial score (nSPS) is 12.8. The number of quaternary nitrogens is 3. The molecule has 3 heteroatoms. The molecule has 290 valence electrons. The van der Waals surface area contributed by atoms with Crippen LogP contribution in [0, 0.1) is 0 Å². The first-order chi connectivity index (χ1) is 23.1. The smallest absolute Gasteiger partial charge is 0.128 e. The van der Waals surface area contributed by atoms with Gasteiger partial charge in [-0.1, -0.05) is 175 Å². The van der Waals surface area contributed by atoms with E-state index in [4.69, 9.17) is 0 Å². The van der Waals surface area contributed by atoms with Crippen molar-refractivity contribution in [3.05, 3.63) is 0 Å². The molecule has 0 atom stereocenters. The van der Waals surface area contributed by atoms with E-state index in [0.29, 0.717) is 0 Å². The lowest BCUT2D eigenvalue weighted by Gasteiger charge is -2.40. The van der Waals surface area contributed by atoms with Crippen molar-refractivity contribution >= 4 is 0 Å². The van der Waals surface area contributed by atoms with Crippen molar-refractivity contribution in [2.45, 2.75) is 213 Å². The van der Waals surface area contributed by atoms with Gasteiger partial charge in [0.1, 0.15) is 26.2 Å². The molecular formula is C45H98N3+3. The topological polar surface area (TPSA) is 0 Å². The SMILES string of the molecule is CCCCCCCCCCCC[N+](C)(C)CC[N+](C)(CCCCCCCCCCCC)CC[N+](C)(C)CCCCCCCCCCCC. The quantitative estimate of drug-likeness (QED) is 0.0448. The average Bonchev–Trinajstić information content (AvgIpc) is 3.06. The zero-order valence-electron chi connectivity index (χ0n) is 35.5. The maximum atomic E-state index is 2.62. The van der Waals surface area contributed by atoms with Gasteiger partial charge >= 0.3 is 0 Å². The monoisotopic (exact) mass is 681 g/mol. The van der Waals surface area contributed by atoms with Crippen LogP contribution >= 0.6 is 0 Å². The summed E-state index contributed by atoms with van der Waals surface area (Å²) in [6.07, 6.45) is 43.2. The third-order valence-corrected chi connectivity index (χ3v) is 11.8. The Hall–Kier alpha value is -0.120. The third-order valence-electron chi connectivity index (χ3n) is 11.8. The standard InChI is InChI=1S/C45H98N3/c1-9-12-15-18-21-24-27-30-33-36-39-46(4,5)42-44-48(8,41-38-35-32-29-26-23-20-17-14-11-3)45-43-47(6,7)40-37-34-31-28-25-22-19-16-13-10-2/h9-45H2,1-8H3/q+3. The van der Waals surface area contributed by atoms with E-state index in [1.165, 1.54) is 252 Å². The van der Waals surface area contributed by atoms with E-state index in [2.05, 4.69) is 56.0 Å². The van der Waals surface area contributed by atoms with E-state index >= 15 is 0 Å². The minimum atomic E-state index is 1.21. The Bertz CT molecular complexity index is 602. The van der Waals surface area contributed by atoms with E-state index in [1.54, 1.807) is 0 Å². The fourth-order valence-electron chi connectivity index (χ4n) is 7.62. The van der Waals surface area contributed by atoms with Gasteiger partial charge in [0, 0.05) is 0 Å². The van der Waals surface area contributed by atoms with E-state index in [0.717, 1.165) is 0 Å². The summed E-state index contributed by atoms with van der Waals surface area (Å²) >= 11 is 0. The maximum Gasteiger partial charge on any atom is 0.128 e. The highest BCUT2D eigenvalue weighted by Gasteiger charge is 2.29. The first-order valence-electron chi connectivity index (χ1n) is 22.6. The molecule has 0 aromatic carbocycles. The second-order valence-corrected chi connectivity index (χ2v) is 18.1. The highest BCUT2D eigenvalue weighted by molar-refractivity contribution is 4.52. The van der Waals surface area contributed by atoms with Gasteiger partial charge in [-0.15, -0.1) is 0 Å². The molecule has 48 heavy (non-hydrogen) atoms. The number of hydrogen-bond donors (Lipinski definition) is 0. The summed E-state index contributed by atoms with van der Waals surface area (Å²) in [7, 11) is 12.7. The Morgan fingerprint density at radius 1 is 0.208 bits per heavy atom. The maximum absolute atomic E-state index is 2.62. The van der Waals surface area contributed by atoms with E-state index in [-0.39, 0.29) is 0 Å². The largest absolute Gasteiger partial charge is 0.324 e. The highest BCUT2D eigenvalue weighted by Crippen LogP contribution is 2.17. The first kappa shape index (κ1) is 47.9. The summed E-state index contributed by atoms with van der Waals surface area (Å²) < 4.78 is 3.70. The predicted octanol–water partition coefficient (Wildman–Crippen LogP) is 13.3. The summed E-state index contributed by atoms with van der Waals surface area (Å²) in [6.45, 7) is 16.4. The van der Waals surface area contributed by atoms with Crippen molar-refractivity contribution in [3.8, 4) is 0 Å². The van der Waals surface area contributed by atoms with Crippen LogP contribution in [0.5, 0.6) is 0 Å². The molecule has 0 radical (unpaired) electrons. The molecule has 0 aromatic rings. The highest BCUT2D eigenvalue weighted by atomic mass is 15.4. The van der Waals surface area contributed by atoms with Gasteiger partial charge < -0.3 is 13.4 Å².